The quantitative estimate of drug-likeness (QED) is 0.781. The highest BCUT2D eigenvalue weighted by Crippen LogP contribution is 2.36. The lowest BCUT2D eigenvalue weighted by molar-refractivity contribution is -0.185. The SMILES string of the molecule is CCC1(C)CC(CN)(OC(C)C)CCO1. The predicted octanol–water partition coefficient (Wildman–Crippen LogP) is 2.09. The summed E-state index contributed by atoms with van der Waals surface area (Å²) in [6, 6.07) is 0. The first kappa shape index (κ1) is 12.9. The van der Waals surface area contributed by atoms with Crippen molar-refractivity contribution in [2.24, 2.45) is 5.73 Å². The van der Waals surface area contributed by atoms with Gasteiger partial charge in [-0.1, -0.05) is 6.92 Å². The van der Waals surface area contributed by atoms with E-state index >= 15 is 0 Å². The molecule has 3 nitrogen and oxygen atoms in total. The van der Waals surface area contributed by atoms with Gasteiger partial charge in [-0.2, -0.15) is 0 Å². The van der Waals surface area contributed by atoms with Gasteiger partial charge in [-0.05, 0) is 27.2 Å². The Kier molecular flexibility index (Phi) is 4.15. The summed E-state index contributed by atoms with van der Waals surface area (Å²) < 4.78 is 11.8. The highest BCUT2D eigenvalue weighted by Gasteiger charge is 2.42. The Bertz CT molecular complexity index is 208. The van der Waals surface area contributed by atoms with Crippen molar-refractivity contribution in [3.8, 4) is 0 Å². The first-order valence-corrected chi connectivity index (χ1v) is 5.97. The van der Waals surface area contributed by atoms with Gasteiger partial charge in [0.2, 0.25) is 0 Å². The summed E-state index contributed by atoms with van der Waals surface area (Å²) in [7, 11) is 0. The fraction of sp³-hybridized carbons (Fsp3) is 1.00. The Morgan fingerprint density at radius 2 is 2.13 bits per heavy atom. The third-order valence-corrected chi connectivity index (χ3v) is 3.31. The summed E-state index contributed by atoms with van der Waals surface area (Å²) in [4.78, 5) is 0. The molecular formula is C12H25NO2. The number of rotatable bonds is 4. The molecule has 1 rings (SSSR count). The molecule has 1 heterocycles. The average Bonchev–Trinajstić information content (AvgIpc) is 2.17. The molecule has 1 aliphatic heterocycles. The van der Waals surface area contributed by atoms with E-state index in [0.717, 1.165) is 25.9 Å². The molecule has 1 saturated heterocycles. The normalized spacial score (nSPS) is 37.2. The molecule has 1 aliphatic rings. The van der Waals surface area contributed by atoms with E-state index in [9.17, 15) is 0 Å². The second-order valence-electron chi connectivity index (χ2n) is 5.13. The molecule has 0 aliphatic carbocycles. The molecule has 15 heavy (non-hydrogen) atoms. The minimum Gasteiger partial charge on any atom is -0.375 e. The first-order chi connectivity index (χ1) is 6.95. The fourth-order valence-electron chi connectivity index (χ4n) is 2.35. The predicted molar refractivity (Wildman–Crippen MR) is 61.9 cm³/mol. The molecule has 0 spiro atoms. The van der Waals surface area contributed by atoms with Crippen molar-refractivity contribution in [3.63, 3.8) is 0 Å². The summed E-state index contributed by atoms with van der Waals surface area (Å²) in [5.74, 6) is 0. The monoisotopic (exact) mass is 215 g/mol. The van der Waals surface area contributed by atoms with Gasteiger partial charge in [-0.25, -0.2) is 0 Å². The molecule has 0 radical (unpaired) electrons. The highest BCUT2D eigenvalue weighted by atomic mass is 16.5. The van der Waals surface area contributed by atoms with Crippen LogP contribution in [0, 0.1) is 0 Å². The summed E-state index contributed by atoms with van der Waals surface area (Å²) in [5, 5.41) is 0. The van der Waals surface area contributed by atoms with Crippen molar-refractivity contribution in [3.05, 3.63) is 0 Å². The van der Waals surface area contributed by atoms with E-state index < -0.39 is 0 Å². The lowest BCUT2D eigenvalue weighted by atomic mass is 9.81. The van der Waals surface area contributed by atoms with Crippen LogP contribution in [0.2, 0.25) is 0 Å². The van der Waals surface area contributed by atoms with E-state index in [2.05, 4.69) is 27.7 Å². The Hall–Kier alpha value is -0.120. The molecule has 0 amide bonds. The Balaban J connectivity index is 2.72. The molecule has 0 aromatic rings. The van der Waals surface area contributed by atoms with Gasteiger partial charge in [0.1, 0.15) is 0 Å². The molecule has 0 aromatic heterocycles. The summed E-state index contributed by atoms with van der Waals surface area (Å²) >= 11 is 0. The molecule has 90 valence electrons. The van der Waals surface area contributed by atoms with Crippen LogP contribution in [0.4, 0.5) is 0 Å². The topological polar surface area (TPSA) is 44.5 Å². The number of ether oxygens (including phenoxy) is 2. The van der Waals surface area contributed by atoms with Crippen LogP contribution < -0.4 is 5.73 Å². The minimum absolute atomic E-state index is 0.0630. The lowest BCUT2D eigenvalue weighted by Crippen LogP contribution is -2.53. The van der Waals surface area contributed by atoms with Crippen LogP contribution in [-0.4, -0.2) is 30.5 Å². The Labute approximate surface area is 93.3 Å². The maximum atomic E-state index is 6.02. The fourth-order valence-corrected chi connectivity index (χ4v) is 2.35. The van der Waals surface area contributed by atoms with Crippen LogP contribution in [0.15, 0.2) is 0 Å². The molecule has 2 N–H and O–H groups in total. The first-order valence-electron chi connectivity index (χ1n) is 5.97. The molecule has 2 atom stereocenters. The zero-order chi connectivity index (χ0) is 11.5. The summed E-state index contributed by atoms with van der Waals surface area (Å²) in [5.41, 5.74) is 5.65. The highest BCUT2D eigenvalue weighted by molar-refractivity contribution is 4.94. The number of hydrogen-bond acceptors (Lipinski definition) is 3. The molecule has 0 aromatic carbocycles. The molecule has 1 fully saturated rings. The van der Waals surface area contributed by atoms with E-state index in [1.165, 1.54) is 0 Å². The van der Waals surface area contributed by atoms with E-state index in [4.69, 9.17) is 15.2 Å². The van der Waals surface area contributed by atoms with Crippen molar-refractivity contribution in [1.29, 1.82) is 0 Å². The van der Waals surface area contributed by atoms with Crippen LogP contribution >= 0.6 is 0 Å². The molecule has 0 saturated carbocycles. The van der Waals surface area contributed by atoms with E-state index in [-0.39, 0.29) is 17.3 Å². The van der Waals surface area contributed by atoms with Gasteiger partial charge >= 0.3 is 0 Å². The minimum atomic E-state index is -0.169. The van der Waals surface area contributed by atoms with Gasteiger partial charge < -0.3 is 15.2 Å². The van der Waals surface area contributed by atoms with Crippen LogP contribution in [0.1, 0.15) is 47.0 Å². The zero-order valence-corrected chi connectivity index (χ0v) is 10.5. The van der Waals surface area contributed by atoms with E-state index in [1.807, 2.05) is 0 Å². The van der Waals surface area contributed by atoms with Gasteiger partial charge in [0.25, 0.3) is 0 Å². The van der Waals surface area contributed by atoms with Crippen LogP contribution in [0.5, 0.6) is 0 Å². The second kappa shape index (κ2) is 4.81. The Morgan fingerprint density at radius 1 is 1.47 bits per heavy atom. The maximum Gasteiger partial charge on any atom is 0.0856 e. The largest absolute Gasteiger partial charge is 0.375 e. The van der Waals surface area contributed by atoms with Crippen LogP contribution in [0.3, 0.4) is 0 Å². The molecule has 3 heteroatoms. The summed E-state index contributed by atoms with van der Waals surface area (Å²) in [6.07, 6.45) is 3.06. The van der Waals surface area contributed by atoms with Crippen LogP contribution in [0.25, 0.3) is 0 Å². The number of hydrogen-bond donors (Lipinski definition) is 1. The van der Waals surface area contributed by atoms with Gasteiger partial charge in [-0.3, -0.25) is 0 Å². The number of nitrogens with two attached hydrogens (primary N) is 1. The standard InChI is InChI=1S/C12H25NO2/c1-5-11(4)8-12(9-13,6-7-14-11)15-10(2)3/h10H,5-9,13H2,1-4H3. The van der Waals surface area contributed by atoms with E-state index in [0.29, 0.717) is 6.54 Å². The lowest BCUT2D eigenvalue weighted by Gasteiger charge is -2.46. The van der Waals surface area contributed by atoms with Crippen molar-refractivity contribution in [2.45, 2.75) is 64.3 Å². The molecular weight excluding hydrogens is 190 g/mol. The maximum absolute atomic E-state index is 6.02. The van der Waals surface area contributed by atoms with Crippen molar-refractivity contribution >= 4 is 0 Å². The van der Waals surface area contributed by atoms with Gasteiger partial charge in [0, 0.05) is 19.4 Å². The third-order valence-electron chi connectivity index (χ3n) is 3.31. The molecule has 2 unspecified atom stereocenters. The van der Waals surface area contributed by atoms with Crippen molar-refractivity contribution in [1.82, 2.24) is 0 Å². The smallest absolute Gasteiger partial charge is 0.0856 e. The zero-order valence-electron chi connectivity index (χ0n) is 10.5. The molecule has 0 bridgehead atoms. The van der Waals surface area contributed by atoms with Gasteiger partial charge in [-0.15, -0.1) is 0 Å². The van der Waals surface area contributed by atoms with Gasteiger partial charge in [0.15, 0.2) is 0 Å². The van der Waals surface area contributed by atoms with Gasteiger partial charge in [0.05, 0.1) is 23.9 Å². The second-order valence-corrected chi connectivity index (χ2v) is 5.13. The van der Waals surface area contributed by atoms with E-state index in [1.54, 1.807) is 0 Å². The van der Waals surface area contributed by atoms with Crippen molar-refractivity contribution in [2.75, 3.05) is 13.2 Å². The Morgan fingerprint density at radius 3 is 2.60 bits per heavy atom. The average molecular weight is 215 g/mol. The van der Waals surface area contributed by atoms with Crippen molar-refractivity contribution < 1.29 is 9.47 Å². The van der Waals surface area contributed by atoms with Crippen LogP contribution in [-0.2, 0) is 9.47 Å². The summed E-state index contributed by atoms with van der Waals surface area (Å²) in [6.45, 7) is 9.78. The third kappa shape index (κ3) is 3.16.